The summed E-state index contributed by atoms with van der Waals surface area (Å²) in [6.07, 6.45) is 50.9. The zero-order valence-corrected chi connectivity index (χ0v) is 32.6. The lowest BCUT2D eigenvalue weighted by molar-refractivity contribution is 0.636. The van der Waals surface area contributed by atoms with Crippen molar-refractivity contribution in [2.45, 2.75) is 164 Å². The van der Waals surface area contributed by atoms with E-state index in [0.29, 0.717) is 6.54 Å². The number of hydrogen-bond acceptors (Lipinski definition) is 2. The lowest BCUT2D eigenvalue weighted by atomic mass is 9.92. The van der Waals surface area contributed by atoms with Gasteiger partial charge in [0.15, 0.2) is 0 Å². The number of hydrogen-bond donors (Lipinski definition) is 2. The summed E-state index contributed by atoms with van der Waals surface area (Å²) in [5.74, 6) is 0. The summed E-state index contributed by atoms with van der Waals surface area (Å²) in [5.41, 5.74) is 21.2. The van der Waals surface area contributed by atoms with Crippen LogP contribution in [0.15, 0.2) is 118 Å². The molecular formula is C46H76N2. The first-order valence-electron chi connectivity index (χ1n) is 19.6. The summed E-state index contributed by atoms with van der Waals surface area (Å²) in [6, 6.07) is 0. The van der Waals surface area contributed by atoms with Gasteiger partial charge in [-0.05, 0) is 119 Å². The van der Waals surface area contributed by atoms with Gasteiger partial charge in [0.25, 0.3) is 0 Å². The third kappa shape index (κ3) is 24.3. The van der Waals surface area contributed by atoms with E-state index in [1.54, 1.807) is 5.57 Å². The van der Waals surface area contributed by atoms with Crippen LogP contribution in [-0.2, 0) is 0 Å². The van der Waals surface area contributed by atoms with E-state index in [0.717, 1.165) is 50.6 Å². The van der Waals surface area contributed by atoms with Crippen LogP contribution in [0, 0.1) is 0 Å². The van der Waals surface area contributed by atoms with Crippen molar-refractivity contribution in [1.29, 1.82) is 0 Å². The van der Waals surface area contributed by atoms with E-state index in [2.05, 4.69) is 102 Å². The predicted molar refractivity (Wildman–Crippen MR) is 220 cm³/mol. The standard InChI is InChI=1S/C46H76N2/c1-8-14-17-19-20-22-31-44(35-24-33-43(40(7)11-4)34-25-36-46(48)13-6)45(32-21-18-15-9-2)38-37-42(27-16-10-3)29-23-28-41(12-5)30-26-39-47/h12-13,23-27,29-31,33,36,38H,8-11,14-22,28,32,34-35,37,39,47-48H2,1-7H3/b29-23-,30-26-,33-24-,36-25-,41-12-,42-27+,43-40-,44-31-,45-38-,46-13+. The highest BCUT2D eigenvalue weighted by Crippen LogP contribution is 2.26. The fourth-order valence-corrected chi connectivity index (χ4v) is 5.50. The Morgan fingerprint density at radius 2 is 1.21 bits per heavy atom. The molecule has 0 saturated heterocycles. The molecule has 0 aromatic rings. The Balaban J connectivity index is 6.42. The lowest BCUT2D eigenvalue weighted by Gasteiger charge is -2.13. The van der Waals surface area contributed by atoms with Crippen molar-refractivity contribution in [2.75, 3.05) is 6.54 Å². The molecule has 0 rings (SSSR count). The molecule has 0 amide bonds. The van der Waals surface area contributed by atoms with Crippen molar-refractivity contribution in [3.05, 3.63) is 118 Å². The van der Waals surface area contributed by atoms with Gasteiger partial charge in [-0.1, -0.05) is 158 Å². The maximum Gasteiger partial charge on any atom is 0.0267 e. The van der Waals surface area contributed by atoms with E-state index in [1.165, 1.54) is 98.5 Å². The van der Waals surface area contributed by atoms with Gasteiger partial charge in [-0.3, -0.25) is 0 Å². The van der Waals surface area contributed by atoms with Gasteiger partial charge in [-0.15, -0.1) is 0 Å². The van der Waals surface area contributed by atoms with E-state index in [9.17, 15) is 0 Å². The molecule has 0 radical (unpaired) electrons. The van der Waals surface area contributed by atoms with E-state index in [1.807, 2.05) is 25.2 Å². The molecule has 0 fully saturated rings. The molecule has 0 aromatic carbocycles. The third-order valence-electron chi connectivity index (χ3n) is 8.93. The quantitative estimate of drug-likeness (QED) is 0.0650. The molecule has 0 spiro atoms. The number of nitrogens with two attached hydrogens (primary N) is 2. The van der Waals surface area contributed by atoms with Gasteiger partial charge in [0.1, 0.15) is 0 Å². The zero-order valence-electron chi connectivity index (χ0n) is 32.6. The van der Waals surface area contributed by atoms with Gasteiger partial charge >= 0.3 is 0 Å². The highest BCUT2D eigenvalue weighted by molar-refractivity contribution is 5.37. The summed E-state index contributed by atoms with van der Waals surface area (Å²) < 4.78 is 0. The lowest BCUT2D eigenvalue weighted by Crippen LogP contribution is -1.94. The molecular weight excluding hydrogens is 581 g/mol. The molecule has 2 heteroatoms. The molecule has 0 unspecified atom stereocenters. The van der Waals surface area contributed by atoms with Crippen LogP contribution in [0.2, 0.25) is 0 Å². The van der Waals surface area contributed by atoms with E-state index >= 15 is 0 Å². The second-order valence-corrected chi connectivity index (χ2v) is 13.0. The smallest absolute Gasteiger partial charge is 0.0267 e. The Hall–Kier alpha value is -2.84. The van der Waals surface area contributed by atoms with Gasteiger partial charge in [-0.25, -0.2) is 0 Å². The van der Waals surface area contributed by atoms with Crippen LogP contribution in [0.4, 0.5) is 0 Å². The monoisotopic (exact) mass is 657 g/mol. The first kappa shape index (κ1) is 45.2. The molecule has 0 aliphatic carbocycles. The average Bonchev–Trinajstić information content (AvgIpc) is 3.10. The minimum Gasteiger partial charge on any atom is -0.399 e. The summed E-state index contributed by atoms with van der Waals surface area (Å²) in [5, 5.41) is 0. The molecule has 2 nitrogen and oxygen atoms in total. The molecule has 0 atom stereocenters. The van der Waals surface area contributed by atoms with Crippen molar-refractivity contribution in [2.24, 2.45) is 11.5 Å². The molecule has 0 saturated carbocycles. The Bertz CT molecular complexity index is 1130. The van der Waals surface area contributed by atoms with Crippen molar-refractivity contribution in [1.82, 2.24) is 0 Å². The minimum atomic E-state index is 0.580. The van der Waals surface area contributed by atoms with Gasteiger partial charge in [0.05, 0.1) is 0 Å². The normalized spacial score (nSPS) is 14.9. The van der Waals surface area contributed by atoms with Crippen molar-refractivity contribution >= 4 is 0 Å². The van der Waals surface area contributed by atoms with Gasteiger partial charge in [0.2, 0.25) is 0 Å². The third-order valence-corrected chi connectivity index (χ3v) is 8.93. The highest BCUT2D eigenvalue weighted by atomic mass is 14.5. The highest BCUT2D eigenvalue weighted by Gasteiger charge is 2.07. The second kappa shape index (κ2) is 32.7. The molecule has 0 aliphatic heterocycles. The topological polar surface area (TPSA) is 52.0 Å². The summed E-state index contributed by atoms with van der Waals surface area (Å²) >= 11 is 0. The maximum absolute atomic E-state index is 6.03. The van der Waals surface area contributed by atoms with Crippen LogP contribution in [0.25, 0.3) is 0 Å². The van der Waals surface area contributed by atoms with E-state index in [4.69, 9.17) is 11.5 Å². The molecule has 0 bridgehead atoms. The van der Waals surface area contributed by atoms with Gasteiger partial charge in [0, 0.05) is 12.2 Å². The Morgan fingerprint density at radius 1 is 0.542 bits per heavy atom. The number of allylic oxidation sites excluding steroid dienone is 18. The van der Waals surface area contributed by atoms with Crippen LogP contribution in [0.5, 0.6) is 0 Å². The average molecular weight is 657 g/mol. The van der Waals surface area contributed by atoms with Crippen LogP contribution in [0.1, 0.15) is 164 Å². The summed E-state index contributed by atoms with van der Waals surface area (Å²) in [4.78, 5) is 0. The van der Waals surface area contributed by atoms with Crippen LogP contribution in [-0.4, -0.2) is 6.54 Å². The summed E-state index contributed by atoms with van der Waals surface area (Å²) in [7, 11) is 0. The SMILES string of the molecule is C/C=C(\C=C/CN)C/C=C\C(=C/CCC)C/C=C(CCCCCC)\C(=C/CCCCCCC)C/C=C\C(C/C=C\C(N)=C/C)=C(/C)CC. The summed E-state index contributed by atoms with van der Waals surface area (Å²) in [6.45, 7) is 16.1. The fraction of sp³-hybridized carbons (Fsp3) is 0.565. The predicted octanol–water partition coefficient (Wildman–Crippen LogP) is 14.2. The largest absolute Gasteiger partial charge is 0.399 e. The maximum atomic E-state index is 6.03. The van der Waals surface area contributed by atoms with Crippen LogP contribution in [0.3, 0.4) is 0 Å². The first-order valence-corrected chi connectivity index (χ1v) is 19.6. The molecule has 270 valence electrons. The number of unbranched alkanes of at least 4 members (excludes halogenated alkanes) is 9. The molecule has 4 N–H and O–H groups in total. The first-order chi connectivity index (χ1) is 23.4. The van der Waals surface area contributed by atoms with Gasteiger partial charge in [-0.2, -0.15) is 0 Å². The van der Waals surface area contributed by atoms with Crippen molar-refractivity contribution in [3.8, 4) is 0 Å². The van der Waals surface area contributed by atoms with Crippen molar-refractivity contribution < 1.29 is 0 Å². The van der Waals surface area contributed by atoms with Crippen LogP contribution >= 0.6 is 0 Å². The Labute approximate surface area is 299 Å². The Morgan fingerprint density at radius 3 is 1.85 bits per heavy atom. The van der Waals surface area contributed by atoms with Gasteiger partial charge < -0.3 is 11.5 Å². The zero-order chi connectivity index (χ0) is 35.7. The van der Waals surface area contributed by atoms with E-state index in [-0.39, 0.29) is 0 Å². The number of rotatable bonds is 28. The van der Waals surface area contributed by atoms with Crippen LogP contribution < -0.4 is 11.5 Å². The fourth-order valence-electron chi connectivity index (χ4n) is 5.50. The molecule has 0 aliphatic rings. The molecule has 0 aromatic heterocycles. The van der Waals surface area contributed by atoms with Crippen molar-refractivity contribution in [3.63, 3.8) is 0 Å². The Kier molecular flexibility index (Phi) is 30.8. The molecule has 48 heavy (non-hydrogen) atoms. The second-order valence-electron chi connectivity index (χ2n) is 13.0. The van der Waals surface area contributed by atoms with E-state index < -0.39 is 0 Å². The molecule has 0 heterocycles. The minimum absolute atomic E-state index is 0.580.